The summed E-state index contributed by atoms with van der Waals surface area (Å²) in [5.41, 5.74) is 8.35. The fraction of sp³-hybridized carbons (Fsp3) is 0.116. The van der Waals surface area contributed by atoms with E-state index in [9.17, 15) is 9.59 Å². The molecule has 0 saturated heterocycles. The number of allylic oxidation sites excluding steroid dienone is 2. The minimum atomic E-state index is -0.283. The van der Waals surface area contributed by atoms with Crippen molar-refractivity contribution in [2.24, 2.45) is 0 Å². The van der Waals surface area contributed by atoms with E-state index in [1.54, 1.807) is 30.3 Å². The van der Waals surface area contributed by atoms with Crippen LogP contribution >= 0.6 is 35.6 Å². The molecule has 4 nitrogen and oxygen atoms in total. The molecule has 1 aliphatic heterocycles. The first-order valence-electron chi connectivity index (χ1n) is 16.4. The Morgan fingerprint density at radius 1 is 0.740 bits per heavy atom. The van der Waals surface area contributed by atoms with Crippen LogP contribution in [-0.2, 0) is 12.8 Å². The topological polar surface area (TPSA) is 58.2 Å². The highest BCUT2D eigenvalue weighted by Crippen LogP contribution is 2.27. The van der Waals surface area contributed by atoms with Gasteiger partial charge in [-0.3, -0.25) is 9.59 Å². The van der Waals surface area contributed by atoms with Crippen LogP contribution < -0.4 is 21.1 Å². The summed E-state index contributed by atoms with van der Waals surface area (Å²) in [6.45, 7) is 1.91. The Labute approximate surface area is 307 Å². The Kier molecular flexibility index (Phi) is 10.7. The maximum atomic E-state index is 13.8. The number of carbonyl (C=O) groups excluding carboxylic acids is 2. The lowest BCUT2D eigenvalue weighted by Gasteiger charge is -2.21. The van der Waals surface area contributed by atoms with Gasteiger partial charge in [0.2, 0.25) is 0 Å². The van der Waals surface area contributed by atoms with Gasteiger partial charge in [-0.2, -0.15) is 0 Å². The van der Waals surface area contributed by atoms with E-state index < -0.39 is 0 Å². The van der Waals surface area contributed by atoms with Gasteiger partial charge >= 0.3 is 0 Å². The molecular weight excluding hydrogens is 683 g/mol. The van der Waals surface area contributed by atoms with E-state index >= 15 is 0 Å². The number of halogens is 3. The molecule has 0 saturated carbocycles. The molecule has 5 aromatic carbocycles. The van der Waals surface area contributed by atoms with Gasteiger partial charge in [-0.25, -0.2) is 0 Å². The van der Waals surface area contributed by atoms with Gasteiger partial charge in [0.05, 0.1) is 10.6 Å². The second kappa shape index (κ2) is 15.3. The van der Waals surface area contributed by atoms with E-state index in [-0.39, 0.29) is 24.1 Å². The molecule has 1 heterocycles. The number of rotatable bonds is 4. The monoisotopic (exact) mass is 716 g/mol. The molecule has 1 amide bonds. The summed E-state index contributed by atoms with van der Waals surface area (Å²) in [5, 5.41) is 11.8. The molecule has 2 N–H and O–H groups in total. The van der Waals surface area contributed by atoms with Crippen molar-refractivity contribution >= 4 is 76.4 Å². The number of anilines is 2. The molecule has 3 aliphatic rings. The minimum absolute atomic E-state index is 0. The van der Waals surface area contributed by atoms with Crippen molar-refractivity contribution in [1.29, 1.82) is 0 Å². The Morgan fingerprint density at radius 2 is 1.52 bits per heavy atom. The molecule has 0 bridgehead atoms. The third-order valence-electron chi connectivity index (χ3n) is 9.27. The van der Waals surface area contributed by atoms with Crippen LogP contribution in [0.5, 0.6) is 0 Å². The largest absolute Gasteiger partial charge is 0.361 e. The van der Waals surface area contributed by atoms with E-state index in [4.69, 9.17) is 23.2 Å². The smallest absolute Gasteiger partial charge is 0.257 e. The van der Waals surface area contributed by atoms with E-state index in [1.807, 2.05) is 61.7 Å². The summed E-state index contributed by atoms with van der Waals surface area (Å²) in [5.74, 6) is -0.232. The summed E-state index contributed by atoms with van der Waals surface area (Å²) < 4.78 is 0. The van der Waals surface area contributed by atoms with Crippen molar-refractivity contribution in [3.05, 3.63) is 180 Å². The molecule has 250 valence electrons. The zero-order valence-electron chi connectivity index (χ0n) is 27.4. The highest BCUT2D eigenvalue weighted by Gasteiger charge is 2.22. The second-order valence-electron chi connectivity index (χ2n) is 12.3. The average molecular weight is 718 g/mol. The van der Waals surface area contributed by atoms with Crippen molar-refractivity contribution in [1.82, 2.24) is 0 Å². The number of Topliss-reactive ketones (excluding diaryl/α,β-unsaturated/α-hetero) is 1. The number of amides is 1. The third kappa shape index (κ3) is 7.06. The van der Waals surface area contributed by atoms with Crippen LogP contribution in [0.4, 0.5) is 11.4 Å². The highest BCUT2D eigenvalue weighted by atomic mass is 35.5. The minimum Gasteiger partial charge on any atom is -0.361 e. The molecule has 0 radical (unpaired) electrons. The van der Waals surface area contributed by atoms with Crippen molar-refractivity contribution in [3.8, 4) is 0 Å². The van der Waals surface area contributed by atoms with Gasteiger partial charge in [0.1, 0.15) is 0 Å². The fourth-order valence-corrected chi connectivity index (χ4v) is 7.34. The quantitative estimate of drug-likeness (QED) is 0.182. The van der Waals surface area contributed by atoms with Crippen LogP contribution in [0.15, 0.2) is 115 Å². The maximum absolute atomic E-state index is 13.8. The highest BCUT2D eigenvalue weighted by molar-refractivity contribution is 6.34. The molecule has 50 heavy (non-hydrogen) atoms. The molecule has 0 aromatic heterocycles. The molecule has 0 unspecified atom stereocenters. The van der Waals surface area contributed by atoms with Crippen molar-refractivity contribution in [2.45, 2.75) is 32.6 Å². The van der Waals surface area contributed by atoms with Gasteiger partial charge in [-0.1, -0.05) is 96.0 Å². The van der Waals surface area contributed by atoms with E-state index in [0.29, 0.717) is 21.8 Å². The standard InChI is InChI=1S/C33H25Cl2NO2.C10H9N.ClH/c1-19-18-20(36-33(38)29-6-2-3-10-31(29)35)12-13-21(19)32(37)28-9-4-7-22-24-16-17-27-23(8-5-11-30(27)34)25(24)14-15-26(22)28;1-2-7-10-9(5-1)6-3-4-8-11-10;/h2-3,5-6,8,10-15,17-18H,4,7,9,16H2,1H3,(H,36,38);1-8,11H;1H. The maximum Gasteiger partial charge on any atom is 0.257 e. The summed E-state index contributed by atoms with van der Waals surface area (Å²) in [4.78, 5) is 26.5. The first kappa shape index (κ1) is 35.0. The number of benzene rings is 5. The van der Waals surface area contributed by atoms with Crippen LogP contribution in [0.25, 0.3) is 17.7 Å². The Hall–Kier alpha value is -4.87. The number of carbonyl (C=O) groups is 2. The molecular formula is C43H35Cl3N2O2. The van der Waals surface area contributed by atoms with Gasteiger partial charge < -0.3 is 10.6 Å². The van der Waals surface area contributed by atoms with Crippen LogP contribution in [-0.4, -0.2) is 11.7 Å². The normalized spacial score (nSPS) is 13.3. The zero-order chi connectivity index (χ0) is 33.9. The fourth-order valence-electron chi connectivity index (χ4n) is 6.87. The number of fused-ring (bicyclic) bond motifs is 5. The number of hydrogen-bond donors (Lipinski definition) is 2. The number of para-hydroxylation sites is 1. The van der Waals surface area contributed by atoms with E-state index in [0.717, 1.165) is 63.2 Å². The molecule has 7 heteroatoms. The molecule has 2 aliphatic carbocycles. The SMILES string of the molecule is C1=CNc2ccccc2C=C1.Cc1cc(NC(=O)c2ccccc2Cl)ccc1C(=O)C1=c2ccc3c(c2CCC1)CC=c1c(Cl)cccc1=3.Cl. The predicted molar refractivity (Wildman–Crippen MR) is 210 cm³/mol. The molecule has 0 fully saturated rings. The predicted octanol–water partition coefficient (Wildman–Crippen LogP) is 9.61. The lowest BCUT2D eigenvalue weighted by atomic mass is 9.83. The van der Waals surface area contributed by atoms with Gasteiger partial charge in [-0.05, 0) is 124 Å². The first-order chi connectivity index (χ1) is 23.9. The van der Waals surface area contributed by atoms with Crippen LogP contribution in [0.3, 0.4) is 0 Å². The Balaban J connectivity index is 0.000000306. The van der Waals surface area contributed by atoms with E-state index in [2.05, 4.69) is 53.1 Å². The van der Waals surface area contributed by atoms with Gasteiger partial charge in [0.25, 0.3) is 5.91 Å². The summed E-state index contributed by atoms with van der Waals surface area (Å²) >= 11 is 12.6. The number of ketones is 1. The Morgan fingerprint density at radius 3 is 2.36 bits per heavy atom. The number of hydrogen-bond acceptors (Lipinski definition) is 3. The van der Waals surface area contributed by atoms with Crippen molar-refractivity contribution in [3.63, 3.8) is 0 Å². The molecule has 8 rings (SSSR count). The van der Waals surface area contributed by atoms with Crippen LogP contribution in [0.2, 0.25) is 10.0 Å². The second-order valence-corrected chi connectivity index (χ2v) is 13.1. The third-order valence-corrected chi connectivity index (χ3v) is 9.93. The summed E-state index contributed by atoms with van der Waals surface area (Å²) in [7, 11) is 0. The molecule has 5 aromatic rings. The molecule has 0 atom stereocenters. The Bertz CT molecular complexity index is 2430. The van der Waals surface area contributed by atoms with Gasteiger partial charge in [0.15, 0.2) is 5.78 Å². The summed E-state index contributed by atoms with van der Waals surface area (Å²) in [6, 6.07) is 30.9. The van der Waals surface area contributed by atoms with Crippen molar-refractivity contribution in [2.75, 3.05) is 10.6 Å². The average Bonchev–Trinajstić information content (AvgIpc) is 3.37. The summed E-state index contributed by atoms with van der Waals surface area (Å²) in [6.07, 6.45) is 13.7. The van der Waals surface area contributed by atoms with E-state index in [1.165, 1.54) is 21.9 Å². The van der Waals surface area contributed by atoms with Gasteiger partial charge in [-0.15, -0.1) is 12.4 Å². The molecule has 0 spiro atoms. The number of aryl methyl sites for hydroxylation is 1. The van der Waals surface area contributed by atoms with Crippen molar-refractivity contribution < 1.29 is 9.59 Å². The lowest BCUT2D eigenvalue weighted by molar-refractivity contribution is 0.102. The zero-order valence-corrected chi connectivity index (χ0v) is 29.8. The van der Waals surface area contributed by atoms with Crippen LogP contribution in [0, 0.1) is 17.4 Å². The first-order valence-corrected chi connectivity index (χ1v) is 17.2. The number of nitrogens with one attached hydrogen (secondary N) is 2. The van der Waals surface area contributed by atoms with Crippen LogP contribution in [0.1, 0.15) is 55.8 Å². The van der Waals surface area contributed by atoms with Gasteiger partial charge in [0, 0.05) is 33.7 Å². The lowest BCUT2D eigenvalue weighted by Crippen LogP contribution is -2.26.